The number of aryl methyl sites for hydroxylation is 2. The summed E-state index contributed by atoms with van der Waals surface area (Å²) in [6, 6.07) is 7.96. The number of hydrogen-bond acceptors (Lipinski definition) is 5. The first-order chi connectivity index (χ1) is 15.0. The van der Waals surface area contributed by atoms with E-state index in [0.717, 1.165) is 65.8 Å². The van der Waals surface area contributed by atoms with E-state index in [2.05, 4.69) is 5.10 Å². The Hall–Kier alpha value is -3.09. The molecule has 2 fully saturated rings. The number of carbonyl (C=O) groups is 1. The molecule has 0 radical (unpaired) electrons. The number of nitrogens with zero attached hydrogens (tertiary/aromatic N) is 4. The van der Waals surface area contributed by atoms with Crippen LogP contribution in [-0.4, -0.2) is 46.3 Å². The van der Waals surface area contributed by atoms with Gasteiger partial charge in [0.15, 0.2) is 17.1 Å². The van der Waals surface area contributed by atoms with Crippen LogP contribution in [0.15, 0.2) is 24.3 Å². The third-order valence-corrected chi connectivity index (χ3v) is 6.52. The van der Waals surface area contributed by atoms with E-state index in [1.54, 1.807) is 18.9 Å². The molecule has 31 heavy (non-hydrogen) atoms. The van der Waals surface area contributed by atoms with Crippen molar-refractivity contribution in [2.75, 3.05) is 20.8 Å². The molecule has 5 rings (SSSR count). The monoisotopic (exact) mass is 420 g/mol. The Kier molecular flexibility index (Phi) is 4.84. The third kappa shape index (κ3) is 3.32. The number of rotatable bonds is 5. The number of aromatic nitrogens is 3. The predicted molar refractivity (Wildman–Crippen MR) is 118 cm³/mol. The molecule has 162 valence electrons. The molecule has 3 heterocycles. The minimum absolute atomic E-state index is 0.0110. The number of carbonyl (C=O) groups excluding carboxylic acids is 1. The SMILES string of the molecule is COc1ccc(C2CCCN2C(=O)c2cc(C3CC3)nc3c2c(C)nn3C)cc1OC. The van der Waals surface area contributed by atoms with E-state index in [9.17, 15) is 4.79 Å². The second-order valence-electron chi connectivity index (χ2n) is 8.55. The van der Waals surface area contributed by atoms with Gasteiger partial charge in [-0.3, -0.25) is 9.48 Å². The van der Waals surface area contributed by atoms with Crippen LogP contribution >= 0.6 is 0 Å². The van der Waals surface area contributed by atoms with Crippen LogP contribution in [-0.2, 0) is 7.05 Å². The van der Waals surface area contributed by atoms with Crippen LogP contribution < -0.4 is 9.47 Å². The van der Waals surface area contributed by atoms with Crippen LogP contribution in [0, 0.1) is 6.92 Å². The van der Waals surface area contributed by atoms with Crippen LogP contribution in [0.2, 0.25) is 0 Å². The second-order valence-corrected chi connectivity index (χ2v) is 8.55. The fraction of sp³-hybridized carbons (Fsp3) is 0.458. The molecule has 1 saturated heterocycles. The molecule has 1 aliphatic heterocycles. The van der Waals surface area contributed by atoms with Gasteiger partial charge in [0.1, 0.15) is 0 Å². The lowest BCUT2D eigenvalue weighted by Gasteiger charge is -2.26. The van der Waals surface area contributed by atoms with Crippen LogP contribution in [0.25, 0.3) is 11.0 Å². The highest BCUT2D eigenvalue weighted by atomic mass is 16.5. The average molecular weight is 421 g/mol. The molecular weight excluding hydrogens is 392 g/mol. The van der Waals surface area contributed by atoms with Crippen molar-refractivity contribution >= 4 is 16.9 Å². The van der Waals surface area contributed by atoms with Gasteiger partial charge in [-0.2, -0.15) is 5.10 Å². The number of benzene rings is 1. The van der Waals surface area contributed by atoms with Crippen molar-refractivity contribution in [1.82, 2.24) is 19.7 Å². The Labute approximate surface area is 182 Å². The van der Waals surface area contributed by atoms with Crippen molar-refractivity contribution in [3.8, 4) is 11.5 Å². The molecular formula is C24H28N4O3. The minimum Gasteiger partial charge on any atom is -0.493 e. The zero-order valence-electron chi connectivity index (χ0n) is 18.5. The maximum atomic E-state index is 13.9. The fourth-order valence-electron chi connectivity index (χ4n) is 4.79. The summed E-state index contributed by atoms with van der Waals surface area (Å²) in [4.78, 5) is 20.7. The van der Waals surface area contributed by atoms with Gasteiger partial charge in [-0.25, -0.2) is 4.98 Å². The lowest BCUT2D eigenvalue weighted by molar-refractivity contribution is 0.0737. The molecule has 1 unspecified atom stereocenters. The van der Waals surface area contributed by atoms with Crippen molar-refractivity contribution in [3.63, 3.8) is 0 Å². The van der Waals surface area contributed by atoms with Gasteiger partial charge in [0.25, 0.3) is 5.91 Å². The summed E-state index contributed by atoms with van der Waals surface area (Å²) in [5.41, 5.74) is 4.45. The van der Waals surface area contributed by atoms with E-state index < -0.39 is 0 Å². The van der Waals surface area contributed by atoms with Gasteiger partial charge in [-0.15, -0.1) is 0 Å². The molecule has 1 aromatic carbocycles. The fourth-order valence-corrected chi connectivity index (χ4v) is 4.79. The van der Waals surface area contributed by atoms with E-state index in [-0.39, 0.29) is 11.9 Å². The second kappa shape index (κ2) is 7.55. The summed E-state index contributed by atoms with van der Waals surface area (Å²) in [6.07, 6.45) is 4.18. The highest BCUT2D eigenvalue weighted by molar-refractivity contribution is 6.06. The number of hydrogen-bond donors (Lipinski definition) is 0. The molecule has 1 atom stereocenters. The van der Waals surface area contributed by atoms with Gasteiger partial charge in [0, 0.05) is 25.2 Å². The normalized spacial score (nSPS) is 18.6. The van der Waals surface area contributed by atoms with Gasteiger partial charge >= 0.3 is 0 Å². The molecule has 3 aromatic rings. The summed E-state index contributed by atoms with van der Waals surface area (Å²) in [5, 5.41) is 5.42. The molecule has 2 aromatic heterocycles. The van der Waals surface area contributed by atoms with Gasteiger partial charge < -0.3 is 14.4 Å². The number of pyridine rings is 1. The molecule has 1 amide bonds. The summed E-state index contributed by atoms with van der Waals surface area (Å²) in [6.45, 7) is 2.69. The smallest absolute Gasteiger partial charge is 0.255 e. The highest BCUT2D eigenvalue weighted by Gasteiger charge is 2.34. The van der Waals surface area contributed by atoms with Crippen molar-refractivity contribution in [2.24, 2.45) is 7.05 Å². The summed E-state index contributed by atoms with van der Waals surface area (Å²) >= 11 is 0. The van der Waals surface area contributed by atoms with Crippen molar-refractivity contribution in [2.45, 2.75) is 44.6 Å². The van der Waals surface area contributed by atoms with Gasteiger partial charge in [-0.05, 0) is 56.4 Å². The first kappa shape index (κ1) is 19.8. The average Bonchev–Trinajstić information content (AvgIpc) is 3.45. The lowest BCUT2D eigenvalue weighted by atomic mass is 10.0. The molecule has 1 saturated carbocycles. The predicted octanol–water partition coefficient (Wildman–Crippen LogP) is 4.15. The Morgan fingerprint density at radius 3 is 2.58 bits per heavy atom. The highest BCUT2D eigenvalue weighted by Crippen LogP contribution is 2.42. The molecule has 2 aliphatic rings. The maximum Gasteiger partial charge on any atom is 0.255 e. The van der Waals surface area contributed by atoms with Gasteiger partial charge in [0.2, 0.25) is 0 Å². The van der Waals surface area contributed by atoms with Crippen LogP contribution in [0.4, 0.5) is 0 Å². The quantitative estimate of drug-likeness (QED) is 0.620. The zero-order chi connectivity index (χ0) is 21.7. The Bertz CT molecular complexity index is 1170. The summed E-state index contributed by atoms with van der Waals surface area (Å²) in [5.74, 6) is 1.90. The standard InChI is InChI=1S/C24H28N4O3/c1-14-22-17(13-18(15-7-8-15)25-23(22)27(2)26-14)24(29)28-11-5-6-19(28)16-9-10-20(30-3)21(12-16)31-4/h9-10,12-13,15,19H,5-8,11H2,1-4H3. The molecule has 7 nitrogen and oxygen atoms in total. The van der Waals surface area contributed by atoms with Gasteiger partial charge in [0.05, 0.1) is 36.9 Å². The summed E-state index contributed by atoms with van der Waals surface area (Å²) < 4.78 is 12.7. The molecule has 1 aliphatic carbocycles. The largest absolute Gasteiger partial charge is 0.493 e. The zero-order valence-corrected chi connectivity index (χ0v) is 18.5. The Balaban J connectivity index is 1.56. The van der Waals surface area contributed by atoms with E-state index in [0.29, 0.717) is 17.4 Å². The third-order valence-electron chi connectivity index (χ3n) is 6.52. The summed E-state index contributed by atoms with van der Waals surface area (Å²) in [7, 11) is 5.17. The van der Waals surface area contributed by atoms with E-state index in [4.69, 9.17) is 14.5 Å². The van der Waals surface area contributed by atoms with Crippen LogP contribution in [0.3, 0.4) is 0 Å². The van der Waals surface area contributed by atoms with Crippen molar-refractivity contribution in [1.29, 1.82) is 0 Å². The van der Waals surface area contributed by atoms with E-state index in [1.165, 1.54) is 0 Å². The van der Waals surface area contributed by atoms with E-state index in [1.807, 2.05) is 43.1 Å². The lowest BCUT2D eigenvalue weighted by Crippen LogP contribution is -2.31. The Morgan fingerprint density at radius 2 is 1.87 bits per heavy atom. The number of amides is 1. The first-order valence-corrected chi connectivity index (χ1v) is 10.9. The molecule has 0 N–H and O–H groups in total. The Morgan fingerprint density at radius 1 is 1.10 bits per heavy atom. The molecule has 7 heteroatoms. The first-order valence-electron chi connectivity index (χ1n) is 10.9. The number of ether oxygens (including phenoxy) is 2. The molecule has 0 bridgehead atoms. The topological polar surface area (TPSA) is 69.5 Å². The van der Waals surface area contributed by atoms with Crippen molar-refractivity contribution < 1.29 is 14.3 Å². The molecule has 0 spiro atoms. The van der Waals surface area contributed by atoms with Crippen LogP contribution in [0.1, 0.15) is 65.0 Å². The number of likely N-dealkylation sites (tertiary alicyclic amines) is 1. The maximum absolute atomic E-state index is 13.9. The van der Waals surface area contributed by atoms with E-state index >= 15 is 0 Å². The van der Waals surface area contributed by atoms with Crippen LogP contribution in [0.5, 0.6) is 11.5 Å². The minimum atomic E-state index is 0.0110. The number of fused-ring (bicyclic) bond motifs is 1. The van der Waals surface area contributed by atoms with Crippen molar-refractivity contribution in [3.05, 3.63) is 46.8 Å². The van der Waals surface area contributed by atoms with Gasteiger partial charge in [-0.1, -0.05) is 6.07 Å². The number of methoxy groups -OCH3 is 2.